The van der Waals surface area contributed by atoms with Gasteiger partial charge in [-0.1, -0.05) is 13.3 Å². The van der Waals surface area contributed by atoms with Gasteiger partial charge in [0, 0.05) is 32.2 Å². The first kappa shape index (κ1) is 12.1. The zero-order valence-corrected chi connectivity index (χ0v) is 11.1. The molecule has 0 amide bonds. The minimum Gasteiger partial charge on any atom is -0.381 e. The van der Waals surface area contributed by atoms with Gasteiger partial charge in [-0.15, -0.1) is 10.2 Å². The quantitative estimate of drug-likeness (QED) is 0.885. The molecule has 18 heavy (non-hydrogen) atoms. The number of aromatic nitrogens is 3. The molecule has 1 saturated heterocycles. The number of fused-ring (bicyclic) bond motifs is 1. The Morgan fingerprint density at radius 1 is 1.28 bits per heavy atom. The van der Waals surface area contributed by atoms with Crippen LogP contribution >= 0.6 is 0 Å². The largest absolute Gasteiger partial charge is 0.381 e. The topological polar surface area (TPSA) is 52.0 Å². The second-order valence-electron chi connectivity index (χ2n) is 5.25. The first-order valence-corrected chi connectivity index (χ1v) is 7.14. The summed E-state index contributed by atoms with van der Waals surface area (Å²) in [7, 11) is 0. The molecule has 0 bridgehead atoms. The van der Waals surface area contributed by atoms with Gasteiger partial charge in [0.15, 0.2) is 0 Å². The maximum atomic E-state index is 5.43. The van der Waals surface area contributed by atoms with E-state index in [1.165, 1.54) is 12.2 Å². The molecule has 3 rings (SSSR count). The lowest BCUT2D eigenvalue weighted by Crippen LogP contribution is -2.34. The number of rotatable bonds is 3. The normalized spacial score (nSPS) is 25.1. The summed E-state index contributed by atoms with van der Waals surface area (Å²) >= 11 is 0. The SMILES string of the molecule is CCCC1NCCn2c(C3CCOCC3)nnc21. The number of hydrogen-bond acceptors (Lipinski definition) is 4. The van der Waals surface area contributed by atoms with E-state index in [0.29, 0.717) is 12.0 Å². The molecule has 0 aliphatic carbocycles. The highest BCUT2D eigenvalue weighted by molar-refractivity contribution is 5.08. The van der Waals surface area contributed by atoms with Gasteiger partial charge in [-0.05, 0) is 19.3 Å². The van der Waals surface area contributed by atoms with Crippen molar-refractivity contribution in [2.75, 3.05) is 19.8 Å². The first-order chi connectivity index (χ1) is 8.90. The molecular weight excluding hydrogens is 228 g/mol. The van der Waals surface area contributed by atoms with Gasteiger partial charge < -0.3 is 14.6 Å². The lowest BCUT2D eigenvalue weighted by Gasteiger charge is -2.27. The predicted octanol–water partition coefficient (Wildman–Crippen LogP) is 1.62. The fourth-order valence-electron chi connectivity index (χ4n) is 3.03. The average molecular weight is 250 g/mol. The monoisotopic (exact) mass is 250 g/mol. The van der Waals surface area contributed by atoms with Crippen LogP contribution in [0.2, 0.25) is 0 Å². The third-order valence-corrected chi connectivity index (χ3v) is 4.01. The van der Waals surface area contributed by atoms with Crippen molar-refractivity contribution in [3.05, 3.63) is 11.6 Å². The van der Waals surface area contributed by atoms with Crippen molar-refractivity contribution in [2.24, 2.45) is 0 Å². The van der Waals surface area contributed by atoms with Gasteiger partial charge in [0.05, 0.1) is 6.04 Å². The molecule has 0 spiro atoms. The van der Waals surface area contributed by atoms with E-state index in [0.717, 1.165) is 51.4 Å². The highest BCUT2D eigenvalue weighted by Crippen LogP contribution is 2.29. The minimum atomic E-state index is 0.393. The van der Waals surface area contributed by atoms with Gasteiger partial charge in [0.2, 0.25) is 0 Å². The van der Waals surface area contributed by atoms with Crippen LogP contribution in [-0.4, -0.2) is 34.5 Å². The minimum absolute atomic E-state index is 0.393. The van der Waals surface area contributed by atoms with Crippen LogP contribution in [0.5, 0.6) is 0 Å². The highest BCUT2D eigenvalue weighted by Gasteiger charge is 2.28. The van der Waals surface area contributed by atoms with Crippen LogP contribution in [0.3, 0.4) is 0 Å². The third-order valence-electron chi connectivity index (χ3n) is 4.01. The molecule has 1 fully saturated rings. The van der Waals surface area contributed by atoms with Crippen LogP contribution in [0.1, 0.15) is 56.2 Å². The van der Waals surface area contributed by atoms with Crippen molar-refractivity contribution in [3.63, 3.8) is 0 Å². The number of ether oxygens (including phenoxy) is 1. The maximum absolute atomic E-state index is 5.43. The molecule has 1 unspecified atom stereocenters. The smallest absolute Gasteiger partial charge is 0.150 e. The lowest BCUT2D eigenvalue weighted by molar-refractivity contribution is 0.0825. The van der Waals surface area contributed by atoms with Gasteiger partial charge >= 0.3 is 0 Å². The molecular formula is C13H22N4O. The summed E-state index contributed by atoms with van der Waals surface area (Å²) in [4.78, 5) is 0. The van der Waals surface area contributed by atoms with Crippen molar-refractivity contribution < 1.29 is 4.74 Å². The predicted molar refractivity (Wildman–Crippen MR) is 68.5 cm³/mol. The molecule has 0 saturated carbocycles. The molecule has 3 heterocycles. The Labute approximate surface area is 108 Å². The van der Waals surface area contributed by atoms with Crippen LogP contribution in [-0.2, 0) is 11.3 Å². The van der Waals surface area contributed by atoms with E-state index in [1.54, 1.807) is 0 Å². The zero-order chi connectivity index (χ0) is 12.4. The standard InChI is InChI=1S/C13H22N4O/c1-2-3-11-13-16-15-12(17(13)7-6-14-11)10-4-8-18-9-5-10/h10-11,14H,2-9H2,1H3. The molecule has 100 valence electrons. The van der Waals surface area contributed by atoms with Gasteiger partial charge in [-0.25, -0.2) is 0 Å². The van der Waals surface area contributed by atoms with E-state index in [4.69, 9.17) is 4.74 Å². The Morgan fingerprint density at radius 2 is 2.06 bits per heavy atom. The van der Waals surface area contributed by atoms with Crippen molar-refractivity contribution >= 4 is 0 Å². The van der Waals surface area contributed by atoms with E-state index in [9.17, 15) is 0 Å². The van der Waals surface area contributed by atoms with Crippen LogP contribution in [0.15, 0.2) is 0 Å². The molecule has 5 heteroatoms. The summed E-state index contributed by atoms with van der Waals surface area (Å²) in [5.41, 5.74) is 0. The van der Waals surface area contributed by atoms with Crippen molar-refractivity contribution in [1.29, 1.82) is 0 Å². The Kier molecular flexibility index (Phi) is 3.61. The summed E-state index contributed by atoms with van der Waals surface area (Å²) < 4.78 is 7.79. The van der Waals surface area contributed by atoms with Crippen LogP contribution in [0, 0.1) is 0 Å². The molecule has 0 aromatic carbocycles. The van der Waals surface area contributed by atoms with Gasteiger partial charge in [-0.2, -0.15) is 0 Å². The highest BCUT2D eigenvalue weighted by atomic mass is 16.5. The van der Waals surface area contributed by atoms with Gasteiger partial charge in [-0.3, -0.25) is 0 Å². The Hall–Kier alpha value is -0.940. The number of hydrogen-bond donors (Lipinski definition) is 1. The Bertz CT molecular complexity index is 398. The van der Waals surface area contributed by atoms with Crippen LogP contribution in [0.4, 0.5) is 0 Å². The molecule has 5 nitrogen and oxygen atoms in total. The summed E-state index contributed by atoms with van der Waals surface area (Å²) in [5, 5.41) is 12.5. The number of nitrogens with zero attached hydrogens (tertiary/aromatic N) is 3. The van der Waals surface area contributed by atoms with Gasteiger partial charge in [0.1, 0.15) is 11.6 Å². The lowest BCUT2D eigenvalue weighted by atomic mass is 9.99. The van der Waals surface area contributed by atoms with Crippen LogP contribution in [0.25, 0.3) is 0 Å². The van der Waals surface area contributed by atoms with E-state index in [2.05, 4.69) is 27.0 Å². The maximum Gasteiger partial charge on any atom is 0.150 e. The fraction of sp³-hybridized carbons (Fsp3) is 0.846. The third kappa shape index (κ3) is 2.17. The van der Waals surface area contributed by atoms with E-state index in [-0.39, 0.29) is 0 Å². The zero-order valence-electron chi connectivity index (χ0n) is 11.1. The summed E-state index contributed by atoms with van der Waals surface area (Å²) in [6.45, 7) is 5.99. The second kappa shape index (κ2) is 5.36. The van der Waals surface area contributed by atoms with Crippen molar-refractivity contribution in [1.82, 2.24) is 20.1 Å². The van der Waals surface area contributed by atoms with E-state index >= 15 is 0 Å². The second-order valence-corrected chi connectivity index (χ2v) is 5.25. The van der Waals surface area contributed by atoms with Gasteiger partial charge in [0.25, 0.3) is 0 Å². The molecule has 1 aromatic rings. The van der Waals surface area contributed by atoms with E-state index in [1.807, 2.05) is 0 Å². The molecule has 1 N–H and O–H groups in total. The van der Waals surface area contributed by atoms with E-state index < -0.39 is 0 Å². The summed E-state index contributed by atoms with van der Waals surface area (Å²) in [5.74, 6) is 2.88. The molecule has 2 aliphatic heterocycles. The summed E-state index contributed by atoms with van der Waals surface area (Å²) in [6, 6.07) is 0.393. The Balaban J connectivity index is 1.84. The molecule has 2 aliphatic rings. The van der Waals surface area contributed by atoms with Crippen LogP contribution < -0.4 is 5.32 Å². The number of nitrogens with one attached hydrogen (secondary N) is 1. The first-order valence-electron chi connectivity index (χ1n) is 7.14. The fourth-order valence-corrected chi connectivity index (χ4v) is 3.03. The Morgan fingerprint density at radius 3 is 2.83 bits per heavy atom. The molecule has 0 radical (unpaired) electrons. The summed E-state index contributed by atoms with van der Waals surface area (Å²) in [6.07, 6.45) is 4.50. The van der Waals surface area contributed by atoms with Crippen molar-refractivity contribution in [3.8, 4) is 0 Å². The molecule has 1 atom stereocenters. The van der Waals surface area contributed by atoms with Crippen molar-refractivity contribution in [2.45, 2.75) is 51.1 Å². The molecule has 1 aromatic heterocycles. The average Bonchev–Trinajstić information content (AvgIpc) is 2.85.